The maximum absolute atomic E-state index is 12.5. The number of amides is 1. The predicted octanol–water partition coefficient (Wildman–Crippen LogP) is 3.15. The highest BCUT2D eigenvalue weighted by atomic mass is 16.6. The zero-order valence-corrected chi connectivity index (χ0v) is 19.1. The van der Waals surface area contributed by atoms with Gasteiger partial charge in [0.25, 0.3) is 5.91 Å². The average molecular weight is 471 g/mol. The van der Waals surface area contributed by atoms with Gasteiger partial charge >= 0.3 is 0 Å². The summed E-state index contributed by atoms with van der Waals surface area (Å²) in [6.45, 7) is 2.21. The molecule has 0 aliphatic carbocycles. The van der Waals surface area contributed by atoms with E-state index in [1.807, 2.05) is 18.2 Å². The summed E-state index contributed by atoms with van der Waals surface area (Å²) in [6, 6.07) is 19.3. The highest BCUT2D eigenvalue weighted by molar-refractivity contribution is 5.95. The number of ether oxygens (including phenoxy) is 2. The number of hydrogen-bond acceptors (Lipinski definition) is 8. The molecule has 0 spiro atoms. The quantitative estimate of drug-likeness (QED) is 0.323. The molecule has 0 atom stereocenters. The average Bonchev–Trinajstić information content (AvgIpc) is 2.88. The van der Waals surface area contributed by atoms with Crippen molar-refractivity contribution < 1.29 is 14.3 Å². The molecule has 1 aromatic heterocycles. The summed E-state index contributed by atoms with van der Waals surface area (Å²) in [5.74, 6) is 1.68. The van der Waals surface area contributed by atoms with Crippen LogP contribution in [0.15, 0.2) is 60.7 Å². The molecule has 0 radical (unpaired) electrons. The molecule has 4 aromatic rings. The molecule has 35 heavy (non-hydrogen) atoms. The van der Waals surface area contributed by atoms with E-state index in [4.69, 9.17) is 20.9 Å². The fourth-order valence-corrected chi connectivity index (χ4v) is 3.92. The number of nitrogens with two attached hydrogens (primary N) is 2. The Balaban J connectivity index is 1.12. The zero-order valence-electron chi connectivity index (χ0n) is 19.1. The van der Waals surface area contributed by atoms with Crippen LogP contribution in [0.2, 0.25) is 0 Å². The SMILES string of the molecule is Nc1nc(N)c2cc(NCc3ccc(CCNC(=O)c4ccc5c(c4)OCCO5)cc3)ccc2n1. The minimum atomic E-state index is -0.132. The van der Waals surface area contributed by atoms with Gasteiger partial charge in [0, 0.05) is 29.7 Å². The fourth-order valence-electron chi connectivity index (χ4n) is 3.92. The number of fused-ring (bicyclic) bond motifs is 2. The number of anilines is 3. The maximum Gasteiger partial charge on any atom is 0.251 e. The van der Waals surface area contributed by atoms with E-state index in [0.717, 1.165) is 28.6 Å². The van der Waals surface area contributed by atoms with Crippen molar-refractivity contribution in [1.82, 2.24) is 15.3 Å². The molecule has 5 rings (SSSR count). The Hall–Kier alpha value is -4.53. The van der Waals surface area contributed by atoms with Crippen molar-refractivity contribution >= 4 is 34.3 Å². The largest absolute Gasteiger partial charge is 0.486 e. The molecule has 0 unspecified atom stereocenters. The number of aromatic nitrogens is 2. The second kappa shape index (κ2) is 9.76. The van der Waals surface area contributed by atoms with E-state index in [0.29, 0.717) is 54.7 Å². The number of nitrogen functional groups attached to an aromatic ring is 2. The highest BCUT2D eigenvalue weighted by Crippen LogP contribution is 2.30. The van der Waals surface area contributed by atoms with Crippen LogP contribution in [-0.2, 0) is 13.0 Å². The number of nitrogens with zero attached hydrogens (tertiary/aromatic N) is 2. The van der Waals surface area contributed by atoms with Gasteiger partial charge in [-0.15, -0.1) is 0 Å². The summed E-state index contributed by atoms with van der Waals surface area (Å²) in [5.41, 5.74) is 16.1. The molecule has 9 heteroatoms. The molecule has 3 aromatic carbocycles. The Labute approximate surface area is 202 Å². The predicted molar refractivity (Wildman–Crippen MR) is 136 cm³/mol. The lowest BCUT2D eigenvalue weighted by Gasteiger charge is -2.18. The number of carbonyl (C=O) groups excluding carboxylic acids is 1. The van der Waals surface area contributed by atoms with Gasteiger partial charge in [-0.1, -0.05) is 24.3 Å². The van der Waals surface area contributed by atoms with Crippen LogP contribution in [0.3, 0.4) is 0 Å². The smallest absolute Gasteiger partial charge is 0.251 e. The van der Waals surface area contributed by atoms with Gasteiger partial charge in [-0.05, 0) is 53.9 Å². The van der Waals surface area contributed by atoms with Crippen LogP contribution in [0.25, 0.3) is 10.9 Å². The van der Waals surface area contributed by atoms with Crippen molar-refractivity contribution in [3.63, 3.8) is 0 Å². The molecule has 0 saturated heterocycles. The first-order chi connectivity index (χ1) is 17.0. The number of rotatable bonds is 7. The van der Waals surface area contributed by atoms with Crippen LogP contribution in [0, 0.1) is 0 Å². The Morgan fingerprint density at radius 2 is 1.66 bits per heavy atom. The summed E-state index contributed by atoms with van der Waals surface area (Å²) in [5, 5.41) is 7.12. The lowest BCUT2D eigenvalue weighted by molar-refractivity contribution is 0.0953. The Morgan fingerprint density at radius 3 is 2.49 bits per heavy atom. The Morgan fingerprint density at radius 1 is 0.886 bits per heavy atom. The van der Waals surface area contributed by atoms with Crippen molar-refractivity contribution in [2.45, 2.75) is 13.0 Å². The van der Waals surface area contributed by atoms with E-state index < -0.39 is 0 Å². The molecule has 6 N–H and O–H groups in total. The summed E-state index contributed by atoms with van der Waals surface area (Å²) in [4.78, 5) is 20.7. The molecule has 1 aliphatic heterocycles. The molecule has 9 nitrogen and oxygen atoms in total. The van der Waals surface area contributed by atoms with E-state index in [9.17, 15) is 4.79 Å². The van der Waals surface area contributed by atoms with Gasteiger partial charge in [0.1, 0.15) is 19.0 Å². The van der Waals surface area contributed by atoms with Crippen molar-refractivity contribution in [2.24, 2.45) is 0 Å². The third-order valence-electron chi connectivity index (χ3n) is 5.77. The summed E-state index contributed by atoms with van der Waals surface area (Å²) in [6.07, 6.45) is 0.733. The van der Waals surface area contributed by atoms with E-state index in [-0.39, 0.29) is 11.9 Å². The Kier molecular flexibility index (Phi) is 6.21. The van der Waals surface area contributed by atoms with Crippen molar-refractivity contribution in [3.05, 3.63) is 77.4 Å². The second-order valence-corrected chi connectivity index (χ2v) is 8.23. The number of carbonyl (C=O) groups is 1. The van der Waals surface area contributed by atoms with Crippen molar-refractivity contribution in [3.8, 4) is 11.5 Å². The maximum atomic E-state index is 12.5. The van der Waals surface area contributed by atoms with Gasteiger partial charge in [-0.25, -0.2) is 4.98 Å². The summed E-state index contributed by atoms with van der Waals surface area (Å²) >= 11 is 0. The first-order valence-electron chi connectivity index (χ1n) is 11.4. The van der Waals surface area contributed by atoms with Crippen LogP contribution >= 0.6 is 0 Å². The zero-order chi connectivity index (χ0) is 24.2. The molecule has 2 heterocycles. The monoisotopic (exact) mass is 470 g/mol. The van der Waals surface area contributed by atoms with Gasteiger partial charge in [-0.3, -0.25) is 4.79 Å². The lowest BCUT2D eigenvalue weighted by atomic mass is 10.1. The molecular weight excluding hydrogens is 444 g/mol. The fraction of sp³-hybridized carbons (Fsp3) is 0.192. The standard InChI is InChI=1S/C26H26N6O3/c27-24-20-14-19(6-7-21(20)31-26(28)32-24)30-15-17-3-1-16(2-4-17)9-10-29-25(33)18-5-8-22-23(13-18)35-12-11-34-22/h1-8,13-14,30H,9-12,15H2,(H,29,33)(H4,27,28,31,32). The van der Waals surface area contributed by atoms with Crippen LogP contribution in [0.1, 0.15) is 21.5 Å². The third-order valence-corrected chi connectivity index (χ3v) is 5.77. The number of nitrogens with one attached hydrogen (secondary N) is 2. The minimum Gasteiger partial charge on any atom is -0.486 e. The molecule has 1 aliphatic rings. The van der Waals surface area contributed by atoms with Crippen LogP contribution < -0.4 is 31.6 Å². The number of benzene rings is 3. The van der Waals surface area contributed by atoms with Crippen molar-refractivity contribution in [2.75, 3.05) is 36.5 Å². The molecule has 0 bridgehead atoms. The van der Waals surface area contributed by atoms with Gasteiger partial charge in [0.05, 0.1) is 5.52 Å². The molecule has 0 fully saturated rings. The third kappa shape index (κ3) is 5.19. The van der Waals surface area contributed by atoms with Gasteiger partial charge < -0.3 is 31.6 Å². The minimum absolute atomic E-state index is 0.132. The first kappa shape index (κ1) is 22.3. The van der Waals surface area contributed by atoms with Crippen LogP contribution in [-0.4, -0.2) is 35.6 Å². The second-order valence-electron chi connectivity index (χ2n) is 8.23. The Bertz CT molecular complexity index is 1370. The van der Waals surface area contributed by atoms with Crippen molar-refractivity contribution in [1.29, 1.82) is 0 Å². The van der Waals surface area contributed by atoms with E-state index in [1.165, 1.54) is 0 Å². The van der Waals surface area contributed by atoms with E-state index in [1.54, 1.807) is 18.2 Å². The van der Waals surface area contributed by atoms with Gasteiger partial charge in [0.15, 0.2) is 11.5 Å². The van der Waals surface area contributed by atoms with Crippen LogP contribution in [0.5, 0.6) is 11.5 Å². The first-order valence-corrected chi connectivity index (χ1v) is 11.4. The van der Waals surface area contributed by atoms with Gasteiger partial charge in [0.2, 0.25) is 5.95 Å². The summed E-state index contributed by atoms with van der Waals surface area (Å²) in [7, 11) is 0. The van der Waals surface area contributed by atoms with E-state index >= 15 is 0 Å². The normalized spacial score (nSPS) is 12.3. The van der Waals surface area contributed by atoms with Crippen LogP contribution in [0.4, 0.5) is 17.5 Å². The molecule has 178 valence electrons. The molecule has 0 saturated carbocycles. The molecular formula is C26H26N6O3. The van der Waals surface area contributed by atoms with E-state index in [2.05, 4.69) is 44.9 Å². The number of hydrogen-bond donors (Lipinski definition) is 4. The topological polar surface area (TPSA) is 137 Å². The molecule has 1 amide bonds. The van der Waals surface area contributed by atoms with Gasteiger partial charge in [-0.2, -0.15) is 4.98 Å². The summed E-state index contributed by atoms with van der Waals surface area (Å²) < 4.78 is 11.0. The highest BCUT2D eigenvalue weighted by Gasteiger charge is 2.14. The lowest BCUT2D eigenvalue weighted by Crippen LogP contribution is -2.26.